The fourth-order valence-electron chi connectivity index (χ4n) is 1.23. The zero-order valence-electron chi connectivity index (χ0n) is 9.11. The third-order valence-corrected chi connectivity index (χ3v) is 4.51. The van der Waals surface area contributed by atoms with Crippen LogP contribution < -0.4 is 5.73 Å². The highest BCUT2D eigenvalue weighted by molar-refractivity contribution is 8.01. The quantitative estimate of drug-likeness (QED) is 0.573. The third-order valence-electron chi connectivity index (χ3n) is 2.29. The lowest BCUT2D eigenvalue weighted by molar-refractivity contribution is 0.0577. The predicted octanol–water partition coefficient (Wildman–Crippen LogP) is 2.72. The molecule has 0 spiro atoms. The van der Waals surface area contributed by atoms with Gasteiger partial charge < -0.3 is 10.8 Å². The molecule has 1 aromatic heterocycles. The van der Waals surface area contributed by atoms with Gasteiger partial charge in [0, 0.05) is 6.54 Å². The van der Waals surface area contributed by atoms with E-state index in [4.69, 9.17) is 5.73 Å². The summed E-state index contributed by atoms with van der Waals surface area (Å²) in [6, 6.07) is 4.22. The van der Waals surface area contributed by atoms with Crippen LogP contribution in [-0.2, 0) is 0 Å². The fourth-order valence-corrected chi connectivity index (χ4v) is 3.09. The van der Waals surface area contributed by atoms with Gasteiger partial charge in [-0.15, -0.1) is 23.1 Å². The summed E-state index contributed by atoms with van der Waals surface area (Å²) in [6.45, 7) is 2.16. The highest BCUT2D eigenvalue weighted by atomic mass is 32.2. The molecule has 15 heavy (non-hydrogen) atoms. The van der Waals surface area contributed by atoms with E-state index in [1.54, 1.807) is 18.3 Å². The monoisotopic (exact) mass is 245 g/mol. The van der Waals surface area contributed by atoms with Crippen LogP contribution in [0.2, 0.25) is 0 Å². The molecular weight excluding hydrogens is 226 g/mol. The second kappa shape index (κ2) is 6.53. The molecule has 1 atom stereocenters. The number of nitrogens with two attached hydrogens (primary N) is 1. The lowest BCUT2D eigenvalue weighted by Crippen LogP contribution is -2.33. The molecule has 4 heteroatoms. The first-order valence-electron chi connectivity index (χ1n) is 5.23. The van der Waals surface area contributed by atoms with E-state index in [2.05, 4.69) is 17.5 Å². The molecule has 1 unspecified atom stereocenters. The minimum Gasteiger partial charge on any atom is -0.389 e. The van der Waals surface area contributed by atoms with Crippen LogP contribution >= 0.6 is 23.1 Å². The minimum absolute atomic E-state index is 0.352. The maximum Gasteiger partial charge on any atom is 0.0741 e. The number of hydrogen-bond acceptors (Lipinski definition) is 4. The van der Waals surface area contributed by atoms with Gasteiger partial charge in [-0.3, -0.25) is 0 Å². The molecule has 0 saturated heterocycles. The second-order valence-corrected chi connectivity index (χ2v) is 6.28. The van der Waals surface area contributed by atoms with Gasteiger partial charge in [-0.2, -0.15) is 0 Å². The largest absolute Gasteiger partial charge is 0.389 e. The maximum absolute atomic E-state index is 9.68. The van der Waals surface area contributed by atoms with Crippen molar-refractivity contribution in [2.24, 2.45) is 5.73 Å². The molecule has 86 valence electrons. The van der Waals surface area contributed by atoms with Crippen LogP contribution in [0, 0.1) is 0 Å². The van der Waals surface area contributed by atoms with Gasteiger partial charge in [-0.1, -0.05) is 6.07 Å². The van der Waals surface area contributed by atoms with E-state index >= 15 is 0 Å². The van der Waals surface area contributed by atoms with Crippen molar-refractivity contribution in [1.82, 2.24) is 0 Å². The molecule has 0 aliphatic carbocycles. The van der Waals surface area contributed by atoms with Gasteiger partial charge in [-0.05, 0) is 43.4 Å². The van der Waals surface area contributed by atoms with E-state index in [0.717, 1.165) is 25.0 Å². The first-order chi connectivity index (χ1) is 7.14. The van der Waals surface area contributed by atoms with Crippen molar-refractivity contribution in [3.8, 4) is 0 Å². The molecule has 1 heterocycles. The van der Waals surface area contributed by atoms with E-state index < -0.39 is 5.60 Å². The Morgan fingerprint density at radius 2 is 2.33 bits per heavy atom. The molecule has 0 fully saturated rings. The van der Waals surface area contributed by atoms with Gasteiger partial charge in [0.25, 0.3) is 0 Å². The second-order valence-electron chi connectivity index (χ2n) is 3.94. The summed E-state index contributed by atoms with van der Waals surface area (Å²) < 4.78 is 1.38. The number of aliphatic hydroxyl groups is 1. The topological polar surface area (TPSA) is 46.2 Å². The Balaban J connectivity index is 2.03. The first-order valence-corrected chi connectivity index (χ1v) is 7.09. The average molecular weight is 245 g/mol. The number of thioether (sulfide) groups is 1. The standard InChI is InChI=1S/C11H19NOS2/c1-11(13,9-12)6-2-3-7-14-10-5-4-8-15-10/h4-5,8,13H,2-3,6-7,9,12H2,1H3. The molecule has 0 amide bonds. The van der Waals surface area contributed by atoms with Crippen LogP contribution in [0.15, 0.2) is 21.7 Å². The minimum atomic E-state index is -0.673. The molecule has 0 saturated carbocycles. The van der Waals surface area contributed by atoms with Gasteiger partial charge in [0.05, 0.1) is 9.81 Å². The number of rotatable bonds is 7. The summed E-state index contributed by atoms with van der Waals surface area (Å²) >= 11 is 3.68. The number of thiophene rings is 1. The van der Waals surface area contributed by atoms with Gasteiger partial charge in [0.1, 0.15) is 0 Å². The van der Waals surface area contributed by atoms with Gasteiger partial charge in [-0.25, -0.2) is 0 Å². The molecule has 0 aliphatic heterocycles. The van der Waals surface area contributed by atoms with Crippen molar-refractivity contribution in [1.29, 1.82) is 0 Å². The van der Waals surface area contributed by atoms with Crippen LogP contribution in [0.4, 0.5) is 0 Å². The van der Waals surface area contributed by atoms with E-state index in [-0.39, 0.29) is 0 Å². The van der Waals surface area contributed by atoms with Crippen molar-refractivity contribution >= 4 is 23.1 Å². The van der Waals surface area contributed by atoms with Crippen LogP contribution in [-0.4, -0.2) is 23.0 Å². The SMILES string of the molecule is CC(O)(CN)CCCCSc1cccs1. The van der Waals surface area contributed by atoms with Crippen molar-refractivity contribution in [3.63, 3.8) is 0 Å². The Labute approximate surface area is 99.9 Å². The Hall–Kier alpha value is -0.0300. The lowest BCUT2D eigenvalue weighted by atomic mass is 10.00. The zero-order valence-corrected chi connectivity index (χ0v) is 10.7. The highest BCUT2D eigenvalue weighted by Crippen LogP contribution is 2.24. The third kappa shape index (κ3) is 5.56. The van der Waals surface area contributed by atoms with E-state index in [1.807, 2.05) is 11.8 Å². The predicted molar refractivity (Wildman–Crippen MR) is 68.6 cm³/mol. The summed E-state index contributed by atoms with van der Waals surface area (Å²) in [5.74, 6) is 1.13. The molecule has 1 rings (SSSR count). The van der Waals surface area contributed by atoms with E-state index in [1.165, 1.54) is 4.21 Å². The smallest absolute Gasteiger partial charge is 0.0741 e. The summed E-state index contributed by atoms with van der Waals surface area (Å²) in [5, 5.41) is 11.8. The van der Waals surface area contributed by atoms with Crippen LogP contribution in [0.25, 0.3) is 0 Å². The summed E-state index contributed by atoms with van der Waals surface area (Å²) in [4.78, 5) is 0. The van der Waals surface area contributed by atoms with Crippen LogP contribution in [0.5, 0.6) is 0 Å². The summed E-state index contributed by atoms with van der Waals surface area (Å²) in [7, 11) is 0. The van der Waals surface area contributed by atoms with Gasteiger partial charge >= 0.3 is 0 Å². The maximum atomic E-state index is 9.68. The molecule has 0 aliphatic rings. The van der Waals surface area contributed by atoms with Crippen molar-refractivity contribution in [2.45, 2.75) is 36.0 Å². The fraction of sp³-hybridized carbons (Fsp3) is 0.636. The number of unbranched alkanes of at least 4 members (excludes halogenated alkanes) is 1. The molecule has 2 nitrogen and oxygen atoms in total. The molecule has 0 aromatic carbocycles. The Morgan fingerprint density at radius 1 is 1.53 bits per heavy atom. The summed E-state index contributed by atoms with van der Waals surface area (Å²) in [5.41, 5.74) is 4.77. The molecular formula is C11H19NOS2. The average Bonchev–Trinajstić information content (AvgIpc) is 2.70. The first kappa shape index (κ1) is 13.0. The van der Waals surface area contributed by atoms with Gasteiger partial charge in [0.15, 0.2) is 0 Å². The molecule has 0 bridgehead atoms. The van der Waals surface area contributed by atoms with Gasteiger partial charge in [0.2, 0.25) is 0 Å². The molecule has 3 N–H and O–H groups in total. The lowest BCUT2D eigenvalue weighted by Gasteiger charge is -2.20. The normalized spacial score (nSPS) is 15.1. The van der Waals surface area contributed by atoms with Crippen LogP contribution in [0.1, 0.15) is 26.2 Å². The van der Waals surface area contributed by atoms with E-state index in [0.29, 0.717) is 6.54 Å². The Kier molecular flexibility index (Phi) is 5.68. The van der Waals surface area contributed by atoms with Crippen molar-refractivity contribution in [2.75, 3.05) is 12.3 Å². The zero-order chi connectivity index (χ0) is 11.1. The molecule has 0 radical (unpaired) electrons. The Morgan fingerprint density at radius 3 is 2.93 bits per heavy atom. The van der Waals surface area contributed by atoms with Crippen molar-refractivity contribution < 1.29 is 5.11 Å². The van der Waals surface area contributed by atoms with Crippen LogP contribution in [0.3, 0.4) is 0 Å². The van der Waals surface area contributed by atoms with Crippen molar-refractivity contribution in [3.05, 3.63) is 17.5 Å². The number of hydrogen-bond donors (Lipinski definition) is 2. The highest BCUT2D eigenvalue weighted by Gasteiger charge is 2.16. The molecule has 1 aromatic rings. The van der Waals surface area contributed by atoms with E-state index in [9.17, 15) is 5.11 Å². The Bertz CT molecular complexity index is 260. The summed E-state index contributed by atoms with van der Waals surface area (Å²) in [6.07, 6.45) is 2.98.